The van der Waals surface area contributed by atoms with Crippen LogP contribution < -0.4 is 21.7 Å². The van der Waals surface area contributed by atoms with Gasteiger partial charge in [0, 0.05) is 0 Å². The van der Waals surface area contributed by atoms with Gasteiger partial charge in [0.2, 0.25) is 17.7 Å². The molecule has 0 aromatic rings. The molecule has 11 nitrogen and oxygen atoms in total. The van der Waals surface area contributed by atoms with E-state index in [1.54, 1.807) is 0 Å². The SMILES string of the molecule is CC(C)CC(N)C(=O)NC(CC(=O)O)C(=O)NC(CC(C)C)C(=O)NC(CC(C)C)C(=O)O. The molecule has 0 radical (unpaired) electrons. The van der Waals surface area contributed by atoms with E-state index in [1.807, 2.05) is 41.5 Å². The van der Waals surface area contributed by atoms with Crippen molar-refractivity contribution in [2.75, 3.05) is 0 Å². The maximum Gasteiger partial charge on any atom is 0.326 e. The second-order valence-corrected chi connectivity index (χ2v) is 9.61. The predicted molar refractivity (Wildman–Crippen MR) is 122 cm³/mol. The highest BCUT2D eigenvalue weighted by Gasteiger charge is 2.32. The number of nitrogens with two attached hydrogens (primary N) is 1. The van der Waals surface area contributed by atoms with Crippen LogP contribution in [0.2, 0.25) is 0 Å². The van der Waals surface area contributed by atoms with Crippen molar-refractivity contribution < 1.29 is 34.2 Å². The van der Waals surface area contributed by atoms with E-state index in [2.05, 4.69) is 16.0 Å². The van der Waals surface area contributed by atoms with Gasteiger partial charge in [-0.2, -0.15) is 0 Å². The van der Waals surface area contributed by atoms with Gasteiger partial charge in [-0.25, -0.2) is 4.79 Å². The van der Waals surface area contributed by atoms with Crippen LogP contribution in [0.25, 0.3) is 0 Å². The lowest BCUT2D eigenvalue weighted by molar-refractivity contribution is -0.143. The van der Waals surface area contributed by atoms with Crippen molar-refractivity contribution in [3.05, 3.63) is 0 Å². The third-order valence-electron chi connectivity index (χ3n) is 4.74. The Morgan fingerprint density at radius 3 is 1.45 bits per heavy atom. The zero-order valence-electron chi connectivity index (χ0n) is 20.4. The number of rotatable bonds is 15. The summed E-state index contributed by atoms with van der Waals surface area (Å²) in [5.74, 6) is -4.65. The minimum absolute atomic E-state index is 0.00902. The molecule has 3 amide bonds. The van der Waals surface area contributed by atoms with Crippen LogP contribution in [-0.4, -0.2) is 64.0 Å². The lowest BCUT2D eigenvalue weighted by Crippen LogP contribution is -2.57. The second-order valence-electron chi connectivity index (χ2n) is 9.61. The van der Waals surface area contributed by atoms with E-state index < -0.39 is 60.2 Å². The van der Waals surface area contributed by atoms with Crippen LogP contribution in [0.15, 0.2) is 0 Å². The Kier molecular flexibility index (Phi) is 13.3. The van der Waals surface area contributed by atoms with Crippen molar-refractivity contribution in [1.82, 2.24) is 16.0 Å². The minimum atomic E-state index is -1.44. The highest BCUT2D eigenvalue weighted by Crippen LogP contribution is 2.10. The van der Waals surface area contributed by atoms with Crippen LogP contribution in [-0.2, 0) is 24.0 Å². The maximum atomic E-state index is 12.8. The molecule has 11 heteroatoms. The molecule has 0 aromatic carbocycles. The quantitative estimate of drug-likeness (QED) is 0.198. The highest BCUT2D eigenvalue weighted by atomic mass is 16.4. The summed E-state index contributed by atoms with van der Waals surface area (Å²) in [6.07, 6.45) is 0.0339. The minimum Gasteiger partial charge on any atom is -0.481 e. The lowest BCUT2D eigenvalue weighted by Gasteiger charge is -2.26. The van der Waals surface area contributed by atoms with Crippen molar-refractivity contribution in [3.8, 4) is 0 Å². The third kappa shape index (κ3) is 12.8. The summed E-state index contributed by atoms with van der Waals surface area (Å²) in [7, 11) is 0. The molecular formula is C22H40N4O7. The number of hydrogen-bond donors (Lipinski definition) is 6. The number of carbonyl (C=O) groups excluding carboxylic acids is 3. The molecule has 0 bridgehead atoms. The molecule has 33 heavy (non-hydrogen) atoms. The zero-order valence-corrected chi connectivity index (χ0v) is 20.4. The van der Waals surface area contributed by atoms with Gasteiger partial charge in [-0.3, -0.25) is 19.2 Å². The van der Waals surface area contributed by atoms with Crippen LogP contribution in [0.5, 0.6) is 0 Å². The average molecular weight is 473 g/mol. The number of aliphatic carboxylic acids is 2. The summed E-state index contributed by atoms with van der Waals surface area (Å²) >= 11 is 0. The summed E-state index contributed by atoms with van der Waals surface area (Å²) < 4.78 is 0. The first kappa shape index (κ1) is 30.3. The van der Waals surface area contributed by atoms with Gasteiger partial charge in [-0.05, 0) is 37.0 Å². The van der Waals surface area contributed by atoms with Gasteiger partial charge in [-0.1, -0.05) is 41.5 Å². The summed E-state index contributed by atoms with van der Waals surface area (Å²) in [5, 5.41) is 25.8. The van der Waals surface area contributed by atoms with E-state index in [0.717, 1.165) is 0 Å². The molecule has 0 rings (SSSR count). The van der Waals surface area contributed by atoms with Crippen molar-refractivity contribution in [1.29, 1.82) is 0 Å². The van der Waals surface area contributed by atoms with Crippen molar-refractivity contribution >= 4 is 29.7 Å². The first-order valence-corrected chi connectivity index (χ1v) is 11.2. The molecule has 0 spiro atoms. The average Bonchev–Trinajstić information content (AvgIpc) is 2.64. The monoisotopic (exact) mass is 472 g/mol. The van der Waals surface area contributed by atoms with Gasteiger partial charge in [0.1, 0.15) is 18.1 Å². The largest absolute Gasteiger partial charge is 0.481 e. The van der Waals surface area contributed by atoms with Gasteiger partial charge in [0.25, 0.3) is 0 Å². The summed E-state index contributed by atoms with van der Waals surface area (Å²) in [5.41, 5.74) is 5.82. The molecule has 190 valence electrons. The van der Waals surface area contributed by atoms with E-state index in [4.69, 9.17) is 5.73 Å². The van der Waals surface area contributed by atoms with Crippen molar-refractivity contribution in [2.24, 2.45) is 23.5 Å². The van der Waals surface area contributed by atoms with Gasteiger partial charge >= 0.3 is 11.9 Å². The van der Waals surface area contributed by atoms with E-state index in [1.165, 1.54) is 0 Å². The summed E-state index contributed by atoms with van der Waals surface area (Å²) in [6, 6.07) is -4.60. The van der Waals surface area contributed by atoms with Crippen molar-refractivity contribution in [2.45, 2.75) is 91.4 Å². The Labute approximate surface area is 195 Å². The van der Waals surface area contributed by atoms with Crippen LogP contribution in [0.1, 0.15) is 67.2 Å². The van der Waals surface area contributed by atoms with Gasteiger partial charge < -0.3 is 31.9 Å². The molecule has 0 aromatic heterocycles. The van der Waals surface area contributed by atoms with E-state index in [9.17, 15) is 34.2 Å². The smallest absolute Gasteiger partial charge is 0.326 e. The standard InChI is InChI=1S/C22H40N4O7/c1-11(2)7-14(23)19(29)24-16(10-18(27)28)21(31)25-15(8-12(3)4)20(30)26-17(22(32)33)9-13(5)6/h11-17H,7-10,23H2,1-6H3,(H,24,29)(H,25,31)(H,26,30)(H,27,28)(H,32,33). The summed E-state index contributed by atoms with van der Waals surface area (Å²) in [4.78, 5) is 60.7. The summed E-state index contributed by atoms with van der Waals surface area (Å²) in [6.45, 7) is 11.0. The fraction of sp³-hybridized carbons (Fsp3) is 0.773. The van der Waals surface area contributed by atoms with Gasteiger partial charge in [0.05, 0.1) is 12.5 Å². The van der Waals surface area contributed by atoms with E-state index in [0.29, 0.717) is 6.42 Å². The molecule has 0 aliphatic carbocycles. The zero-order chi connectivity index (χ0) is 25.9. The number of nitrogens with one attached hydrogen (secondary N) is 3. The molecule has 0 saturated heterocycles. The molecule has 7 N–H and O–H groups in total. The van der Waals surface area contributed by atoms with Crippen LogP contribution >= 0.6 is 0 Å². The number of amides is 3. The van der Waals surface area contributed by atoms with Crippen LogP contribution in [0.4, 0.5) is 0 Å². The molecule has 0 saturated carbocycles. The first-order valence-electron chi connectivity index (χ1n) is 11.2. The fourth-order valence-corrected chi connectivity index (χ4v) is 3.22. The van der Waals surface area contributed by atoms with E-state index in [-0.39, 0.29) is 30.6 Å². The molecule has 4 unspecified atom stereocenters. The number of carboxylic acid groups (broad SMARTS) is 2. The molecular weight excluding hydrogens is 432 g/mol. The molecule has 0 heterocycles. The number of carbonyl (C=O) groups is 5. The first-order chi connectivity index (χ1) is 15.1. The van der Waals surface area contributed by atoms with Crippen LogP contribution in [0.3, 0.4) is 0 Å². The van der Waals surface area contributed by atoms with Gasteiger partial charge in [-0.15, -0.1) is 0 Å². The predicted octanol–water partition coefficient (Wildman–Crippen LogP) is 0.466. The molecule has 0 fully saturated rings. The Balaban J connectivity index is 5.52. The van der Waals surface area contributed by atoms with Crippen LogP contribution in [0, 0.1) is 17.8 Å². The molecule has 0 aliphatic heterocycles. The lowest BCUT2D eigenvalue weighted by atomic mass is 10.00. The highest BCUT2D eigenvalue weighted by molar-refractivity contribution is 5.95. The Morgan fingerprint density at radius 1 is 0.636 bits per heavy atom. The van der Waals surface area contributed by atoms with Gasteiger partial charge in [0.15, 0.2) is 0 Å². The normalized spacial score (nSPS) is 15.0. The Morgan fingerprint density at radius 2 is 1.03 bits per heavy atom. The number of hydrogen-bond acceptors (Lipinski definition) is 6. The van der Waals surface area contributed by atoms with Crippen molar-refractivity contribution in [3.63, 3.8) is 0 Å². The molecule has 4 atom stereocenters. The maximum absolute atomic E-state index is 12.8. The third-order valence-corrected chi connectivity index (χ3v) is 4.74. The number of carboxylic acids is 2. The molecule has 0 aliphatic rings. The Hall–Kier alpha value is -2.69. The topological polar surface area (TPSA) is 188 Å². The second kappa shape index (κ2) is 14.5. The van der Waals surface area contributed by atoms with E-state index >= 15 is 0 Å². The fourth-order valence-electron chi connectivity index (χ4n) is 3.22. The Bertz CT molecular complexity index is 694.